The van der Waals surface area contributed by atoms with Crippen molar-refractivity contribution in [2.75, 3.05) is 0 Å². The molecule has 3 heteroatoms. The summed E-state index contributed by atoms with van der Waals surface area (Å²) < 4.78 is 0.911. The molecule has 1 aromatic rings. The van der Waals surface area contributed by atoms with E-state index >= 15 is 0 Å². The van der Waals surface area contributed by atoms with E-state index in [2.05, 4.69) is 29.8 Å². The van der Waals surface area contributed by atoms with Crippen molar-refractivity contribution >= 4 is 27.5 Å². The Bertz CT molecular complexity index is 421. The Morgan fingerprint density at radius 3 is 2.61 bits per heavy atom. The van der Waals surface area contributed by atoms with Crippen LogP contribution < -0.4 is 0 Å². The quantitative estimate of drug-likeness (QED) is 0.789. The second-order valence-electron chi connectivity index (χ2n) is 5.64. The first-order valence-corrected chi connectivity index (χ1v) is 7.79. The van der Waals surface area contributed by atoms with Gasteiger partial charge in [0.2, 0.25) is 0 Å². The molecular weight excluding hydrogens is 312 g/mol. The molecule has 1 N–H and O–H groups in total. The normalized spacial score (nSPS) is 30.2. The van der Waals surface area contributed by atoms with Gasteiger partial charge in [-0.3, -0.25) is 0 Å². The van der Waals surface area contributed by atoms with Gasteiger partial charge >= 0.3 is 0 Å². The number of hydrogen-bond donors (Lipinski definition) is 1. The van der Waals surface area contributed by atoms with Crippen molar-refractivity contribution in [2.24, 2.45) is 17.8 Å². The van der Waals surface area contributed by atoms with Crippen LogP contribution in [-0.2, 0) is 0 Å². The first-order valence-electron chi connectivity index (χ1n) is 6.62. The zero-order chi connectivity index (χ0) is 13.3. The molecule has 0 amide bonds. The van der Waals surface area contributed by atoms with Gasteiger partial charge in [0.05, 0.1) is 6.10 Å². The third-order valence-corrected chi connectivity index (χ3v) is 5.29. The Hall–Kier alpha value is -0.0500. The summed E-state index contributed by atoms with van der Waals surface area (Å²) in [4.78, 5) is 0. The lowest BCUT2D eigenvalue weighted by Crippen LogP contribution is -2.25. The standard InChI is InChI=1S/C15H20BrClO/c1-9-3-4-11(7-10(9)2)15(18)13-6-5-12(17)8-14(13)16/h5-6,8-11,15,18H,3-4,7H2,1-2H3. The largest absolute Gasteiger partial charge is 0.388 e. The minimum Gasteiger partial charge on any atom is -0.388 e. The fraction of sp³-hybridized carbons (Fsp3) is 0.600. The van der Waals surface area contributed by atoms with E-state index in [-0.39, 0.29) is 6.10 Å². The van der Waals surface area contributed by atoms with Crippen LogP contribution >= 0.6 is 27.5 Å². The van der Waals surface area contributed by atoms with Gasteiger partial charge in [-0.2, -0.15) is 0 Å². The van der Waals surface area contributed by atoms with Gasteiger partial charge in [-0.05, 0) is 48.3 Å². The summed E-state index contributed by atoms with van der Waals surface area (Å²) in [7, 11) is 0. The maximum Gasteiger partial charge on any atom is 0.0829 e. The number of rotatable bonds is 2. The molecule has 0 saturated heterocycles. The van der Waals surface area contributed by atoms with E-state index in [0.717, 1.165) is 28.8 Å². The van der Waals surface area contributed by atoms with Crippen molar-refractivity contribution < 1.29 is 5.11 Å². The zero-order valence-electron chi connectivity index (χ0n) is 10.9. The highest BCUT2D eigenvalue weighted by Crippen LogP contribution is 2.41. The average molecular weight is 332 g/mol. The number of aliphatic hydroxyl groups excluding tert-OH is 1. The molecule has 0 spiro atoms. The molecule has 1 nitrogen and oxygen atoms in total. The molecule has 0 bridgehead atoms. The summed E-state index contributed by atoms with van der Waals surface area (Å²) in [5.74, 6) is 1.85. The number of aliphatic hydroxyl groups is 1. The van der Waals surface area contributed by atoms with Crippen molar-refractivity contribution in [3.8, 4) is 0 Å². The predicted molar refractivity (Wildman–Crippen MR) is 79.8 cm³/mol. The highest BCUT2D eigenvalue weighted by Gasteiger charge is 2.30. The summed E-state index contributed by atoms with van der Waals surface area (Å²) in [6.07, 6.45) is 3.05. The van der Waals surface area contributed by atoms with Crippen molar-refractivity contribution in [2.45, 2.75) is 39.2 Å². The molecule has 100 valence electrons. The first kappa shape index (κ1) is 14.4. The van der Waals surface area contributed by atoms with Gasteiger partial charge in [-0.25, -0.2) is 0 Å². The maximum absolute atomic E-state index is 10.5. The van der Waals surface area contributed by atoms with Crippen molar-refractivity contribution in [3.63, 3.8) is 0 Å². The Morgan fingerprint density at radius 1 is 1.28 bits per heavy atom. The SMILES string of the molecule is CC1CCC(C(O)c2ccc(Cl)cc2Br)CC1C. The summed E-state index contributed by atoms with van der Waals surface area (Å²) in [5, 5.41) is 11.2. The van der Waals surface area contributed by atoms with Crippen LogP contribution in [0.5, 0.6) is 0 Å². The maximum atomic E-state index is 10.5. The third kappa shape index (κ3) is 3.09. The van der Waals surface area contributed by atoms with Gasteiger partial charge in [0.15, 0.2) is 0 Å². The lowest BCUT2D eigenvalue weighted by atomic mass is 9.73. The van der Waals surface area contributed by atoms with E-state index in [4.69, 9.17) is 11.6 Å². The van der Waals surface area contributed by atoms with Crippen molar-refractivity contribution in [3.05, 3.63) is 33.3 Å². The van der Waals surface area contributed by atoms with Gasteiger partial charge in [-0.15, -0.1) is 0 Å². The number of halogens is 2. The Morgan fingerprint density at radius 2 is 2.00 bits per heavy atom. The van der Waals surface area contributed by atoms with Crippen molar-refractivity contribution in [1.82, 2.24) is 0 Å². The molecule has 1 saturated carbocycles. The fourth-order valence-corrected chi connectivity index (χ4v) is 3.79. The molecule has 1 aromatic carbocycles. The van der Waals surface area contributed by atoms with Gasteiger partial charge in [0, 0.05) is 9.50 Å². The van der Waals surface area contributed by atoms with Crippen LogP contribution in [0.15, 0.2) is 22.7 Å². The zero-order valence-corrected chi connectivity index (χ0v) is 13.2. The lowest BCUT2D eigenvalue weighted by molar-refractivity contribution is 0.0556. The van der Waals surface area contributed by atoms with Gasteiger partial charge in [0.1, 0.15) is 0 Å². The Labute approximate surface area is 123 Å². The summed E-state index contributed by atoms with van der Waals surface area (Å²) in [5.41, 5.74) is 0.964. The molecule has 0 heterocycles. The fourth-order valence-electron chi connectivity index (χ4n) is 2.87. The summed E-state index contributed by atoms with van der Waals surface area (Å²) in [6.45, 7) is 4.60. The molecule has 2 rings (SSSR count). The topological polar surface area (TPSA) is 20.2 Å². The monoisotopic (exact) mass is 330 g/mol. The van der Waals surface area contributed by atoms with E-state index in [1.807, 2.05) is 18.2 Å². The average Bonchev–Trinajstić information content (AvgIpc) is 2.32. The van der Waals surface area contributed by atoms with E-state index in [1.165, 1.54) is 6.42 Å². The number of hydrogen-bond acceptors (Lipinski definition) is 1. The van der Waals surface area contributed by atoms with Crippen LogP contribution in [0, 0.1) is 17.8 Å². The molecule has 4 atom stereocenters. The van der Waals surface area contributed by atoms with Gasteiger partial charge < -0.3 is 5.11 Å². The van der Waals surface area contributed by atoms with E-state index in [1.54, 1.807) is 0 Å². The Balaban J connectivity index is 2.13. The van der Waals surface area contributed by atoms with Crippen LogP contribution in [0.1, 0.15) is 44.8 Å². The van der Waals surface area contributed by atoms with E-state index < -0.39 is 0 Å². The summed E-state index contributed by atoms with van der Waals surface area (Å²) in [6, 6.07) is 5.63. The minimum absolute atomic E-state index is 0.369. The van der Waals surface area contributed by atoms with Crippen LogP contribution in [0.2, 0.25) is 5.02 Å². The highest BCUT2D eigenvalue weighted by molar-refractivity contribution is 9.10. The molecule has 0 radical (unpaired) electrons. The first-order chi connectivity index (χ1) is 8.49. The summed E-state index contributed by atoms with van der Waals surface area (Å²) >= 11 is 9.43. The second-order valence-corrected chi connectivity index (χ2v) is 6.93. The van der Waals surface area contributed by atoms with Crippen LogP contribution in [0.3, 0.4) is 0 Å². The molecule has 4 unspecified atom stereocenters. The molecule has 1 fully saturated rings. The van der Waals surface area contributed by atoms with Crippen molar-refractivity contribution in [1.29, 1.82) is 0 Å². The predicted octanol–water partition coefficient (Wildman–Crippen LogP) is 5.21. The number of benzene rings is 1. The molecular formula is C15H20BrClO. The van der Waals surface area contributed by atoms with E-state index in [9.17, 15) is 5.11 Å². The highest BCUT2D eigenvalue weighted by atomic mass is 79.9. The molecule has 1 aliphatic carbocycles. The lowest BCUT2D eigenvalue weighted by Gasteiger charge is -2.35. The van der Waals surface area contributed by atoms with Gasteiger partial charge in [-0.1, -0.05) is 53.9 Å². The smallest absolute Gasteiger partial charge is 0.0829 e. The Kier molecular flexibility index (Phi) is 4.74. The molecule has 1 aliphatic rings. The minimum atomic E-state index is -0.383. The van der Waals surface area contributed by atoms with Gasteiger partial charge in [0.25, 0.3) is 0 Å². The van der Waals surface area contributed by atoms with Crippen LogP contribution in [-0.4, -0.2) is 5.11 Å². The third-order valence-electron chi connectivity index (χ3n) is 4.37. The van der Waals surface area contributed by atoms with E-state index in [0.29, 0.717) is 16.9 Å². The van der Waals surface area contributed by atoms with Crippen LogP contribution in [0.4, 0.5) is 0 Å². The van der Waals surface area contributed by atoms with Crippen LogP contribution in [0.25, 0.3) is 0 Å². The molecule has 0 aliphatic heterocycles. The molecule has 18 heavy (non-hydrogen) atoms. The second kappa shape index (κ2) is 5.94. The molecule has 0 aromatic heterocycles.